The molecule has 1 aliphatic heterocycles. The van der Waals surface area contributed by atoms with Crippen LogP contribution in [0.1, 0.15) is 11.6 Å². The lowest BCUT2D eigenvalue weighted by Crippen LogP contribution is -2.40. The third-order valence-corrected chi connectivity index (χ3v) is 2.91. The van der Waals surface area contributed by atoms with Crippen molar-refractivity contribution < 1.29 is 4.39 Å². The fourth-order valence-electron chi connectivity index (χ4n) is 1.83. The van der Waals surface area contributed by atoms with Gasteiger partial charge in [-0.15, -0.1) is 0 Å². The number of aromatic nitrogens is 2. The summed E-state index contributed by atoms with van der Waals surface area (Å²) in [4.78, 5) is 7.52. The molecule has 4 heteroatoms. The van der Waals surface area contributed by atoms with Gasteiger partial charge in [0.15, 0.2) is 0 Å². The standard InChI is InChI=1S/C12H12FN3/c13-10-3-1-2-8(4-10)12-15-7-11(16-12)9-5-14-6-9/h1-4,7,9,14H,5-6H2,(H,15,16). The zero-order chi connectivity index (χ0) is 11.0. The summed E-state index contributed by atoms with van der Waals surface area (Å²) in [5, 5.41) is 3.21. The third kappa shape index (κ3) is 1.61. The van der Waals surface area contributed by atoms with Gasteiger partial charge in [0, 0.05) is 36.5 Å². The van der Waals surface area contributed by atoms with E-state index in [-0.39, 0.29) is 5.82 Å². The van der Waals surface area contributed by atoms with Gasteiger partial charge >= 0.3 is 0 Å². The van der Waals surface area contributed by atoms with Crippen LogP contribution in [0.4, 0.5) is 4.39 Å². The molecular formula is C12H12FN3. The fourth-order valence-corrected chi connectivity index (χ4v) is 1.83. The number of aromatic amines is 1. The molecule has 0 saturated carbocycles. The van der Waals surface area contributed by atoms with Gasteiger partial charge < -0.3 is 10.3 Å². The second-order valence-corrected chi connectivity index (χ2v) is 4.05. The van der Waals surface area contributed by atoms with E-state index in [0.29, 0.717) is 5.92 Å². The van der Waals surface area contributed by atoms with Gasteiger partial charge in [-0.05, 0) is 12.1 Å². The molecule has 2 aromatic rings. The Hall–Kier alpha value is -1.68. The lowest BCUT2D eigenvalue weighted by Gasteiger charge is -2.25. The molecule has 0 bridgehead atoms. The van der Waals surface area contributed by atoms with Crippen LogP contribution in [-0.2, 0) is 0 Å². The Morgan fingerprint density at radius 2 is 2.19 bits per heavy atom. The molecule has 3 nitrogen and oxygen atoms in total. The zero-order valence-corrected chi connectivity index (χ0v) is 8.70. The first-order valence-electron chi connectivity index (χ1n) is 5.34. The Morgan fingerprint density at radius 1 is 1.31 bits per heavy atom. The van der Waals surface area contributed by atoms with Crippen molar-refractivity contribution >= 4 is 0 Å². The summed E-state index contributed by atoms with van der Waals surface area (Å²) in [5.74, 6) is 1.02. The molecule has 16 heavy (non-hydrogen) atoms. The fraction of sp³-hybridized carbons (Fsp3) is 0.250. The molecule has 1 aromatic heterocycles. The van der Waals surface area contributed by atoms with Crippen LogP contribution >= 0.6 is 0 Å². The molecule has 0 aliphatic carbocycles. The molecule has 0 radical (unpaired) electrons. The average molecular weight is 217 g/mol. The predicted octanol–water partition coefficient (Wildman–Crippen LogP) is 1.90. The minimum atomic E-state index is -0.235. The molecule has 1 aromatic carbocycles. The van der Waals surface area contributed by atoms with Crippen molar-refractivity contribution in [1.82, 2.24) is 15.3 Å². The number of imidazole rings is 1. The number of rotatable bonds is 2. The summed E-state index contributed by atoms with van der Waals surface area (Å²) in [7, 11) is 0. The van der Waals surface area contributed by atoms with Crippen molar-refractivity contribution in [1.29, 1.82) is 0 Å². The average Bonchev–Trinajstić information content (AvgIpc) is 2.64. The minimum absolute atomic E-state index is 0.235. The van der Waals surface area contributed by atoms with Gasteiger partial charge in [-0.25, -0.2) is 9.37 Å². The highest BCUT2D eigenvalue weighted by molar-refractivity contribution is 5.55. The second-order valence-electron chi connectivity index (χ2n) is 4.05. The van der Waals surface area contributed by atoms with Crippen molar-refractivity contribution in [3.8, 4) is 11.4 Å². The largest absolute Gasteiger partial charge is 0.342 e. The number of halogens is 1. The minimum Gasteiger partial charge on any atom is -0.342 e. The molecule has 2 N–H and O–H groups in total. The molecule has 2 heterocycles. The van der Waals surface area contributed by atoms with Crippen LogP contribution in [-0.4, -0.2) is 23.1 Å². The summed E-state index contributed by atoms with van der Waals surface area (Å²) in [6, 6.07) is 6.47. The predicted molar refractivity (Wildman–Crippen MR) is 59.6 cm³/mol. The maximum atomic E-state index is 13.0. The highest BCUT2D eigenvalue weighted by Gasteiger charge is 2.20. The van der Waals surface area contributed by atoms with Crippen molar-refractivity contribution in [2.75, 3.05) is 13.1 Å². The molecule has 0 spiro atoms. The van der Waals surface area contributed by atoms with Gasteiger partial charge in [0.1, 0.15) is 11.6 Å². The number of hydrogen-bond donors (Lipinski definition) is 2. The maximum Gasteiger partial charge on any atom is 0.137 e. The summed E-state index contributed by atoms with van der Waals surface area (Å²) < 4.78 is 13.0. The second kappa shape index (κ2) is 3.72. The molecule has 0 unspecified atom stereocenters. The first-order valence-corrected chi connectivity index (χ1v) is 5.34. The number of benzene rings is 1. The topological polar surface area (TPSA) is 40.7 Å². The van der Waals surface area contributed by atoms with Crippen molar-refractivity contribution in [3.63, 3.8) is 0 Å². The van der Waals surface area contributed by atoms with E-state index in [9.17, 15) is 4.39 Å². The number of nitrogens with one attached hydrogen (secondary N) is 2. The van der Waals surface area contributed by atoms with Crippen molar-refractivity contribution in [3.05, 3.63) is 42.0 Å². The van der Waals surface area contributed by atoms with Crippen molar-refractivity contribution in [2.24, 2.45) is 0 Å². The van der Waals surface area contributed by atoms with E-state index in [1.54, 1.807) is 6.07 Å². The summed E-state index contributed by atoms with van der Waals surface area (Å²) in [6.45, 7) is 1.98. The molecular weight excluding hydrogens is 205 g/mol. The number of nitrogens with zero attached hydrogens (tertiary/aromatic N) is 1. The first kappa shape index (κ1) is 9.54. The molecule has 82 valence electrons. The Kier molecular flexibility index (Phi) is 2.22. The van der Waals surface area contributed by atoms with Crippen LogP contribution in [0, 0.1) is 5.82 Å². The SMILES string of the molecule is Fc1cccc(-c2ncc(C3CNC3)[nH]2)c1. The third-order valence-electron chi connectivity index (χ3n) is 2.91. The molecule has 1 aliphatic rings. The molecule has 0 amide bonds. The number of H-pyrrole nitrogens is 1. The highest BCUT2D eigenvalue weighted by atomic mass is 19.1. The van der Waals surface area contributed by atoms with E-state index in [4.69, 9.17) is 0 Å². The van der Waals surface area contributed by atoms with Gasteiger partial charge in [-0.2, -0.15) is 0 Å². The van der Waals surface area contributed by atoms with E-state index < -0.39 is 0 Å². The molecule has 3 rings (SSSR count). The van der Waals surface area contributed by atoms with Gasteiger partial charge in [0.2, 0.25) is 0 Å². The normalized spacial score (nSPS) is 16.1. The van der Waals surface area contributed by atoms with Crippen LogP contribution < -0.4 is 5.32 Å². The van der Waals surface area contributed by atoms with Crippen LogP contribution in [0.2, 0.25) is 0 Å². The van der Waals surface area contributed by atoms with Crippen LogP contribution in [0.3, 0.4) is 0 Å². The lowest BCUT2D eigenvalue weighted by molar-refractivity contribution is 0.441. The smallest absolute Gasteiger partial charge is 0.137 e. The van der Waals surface area contributed by atoms with Crippen molar-refractivity contribution in [2.45, 2.75) is 5.92 Å². The van der Waals surface area contributed by atoms with E-state index in [1.165, 1.54) is 12.1 Å². The van der Waals surface area contributed by atoms with Crippen LogP contribution in [0.25, 0.3) is 11.4 Å². The van der Waals surface area contributed by atoms with Gasteiger partial charge in [-0.1, -0.05) is 12.1 Å². The summed E-state index contributed by atoms with van der Waals surface area (Å²) in [5.41, 5.74) is 1.91. The zero-order valence-electron chi connectivity index (χ0n) is 8.70. The quantitative estimate of drug-likeness (QED) is 0.806. The lowest BCUT2D eigenvalue weighted by atomic mass is 10.0. The monoisotopic (exact) mass is 217 g/mol. The van der Waals surface area contributed by atoms with Gasteiger partial charge in [0.25, 0.3) is 0 Å². The summed E-state index contributed by atoms with van der Waals surface area (Å²) >= 11 is 0. The Bertz CT molecular complexity index is 502. The Balaban J connectivity index is 1.91. The molecule has 1 fully saturated rings. The van der Waals surface area contributed by atoms with Crippen LogP contribution in [0.15, 0.2) is 30.5 Å². The molecule has 1 saturated heterocycles. The van der Waals surface area contributed by atoms with Gasteiger partial charge in [-0.3, -0.25) is 0 Å². The van der Waals surface area contributed by atoms with E-state index in [2.05, 4.69) is 15.3 Å². The van der Waals surface area contributed by atoms with Crippen LogP contribution in [0.5, 0.6) is 0 Å². The van der Waals surface area contributed by atoms with E-state index in [1.807, 2.05) is 12.3 Å². The number of hydrogen-bond acceptors (Lipinski definition) is 2. The first-order chi connectivity index (χ1) is 7.83. The van der Waals surface area contributed by atoms with E-state index in [0.717, 1.165) is 30.2 Å². The Labute approximate surface area is 92.7 Å². The van der Waals surface area contributed by atoms with Gasteiger partial charge in [0.05, 0.1) is 0 Å². The maximum absolute atomic E-state index is 13.0. The Morgan fingerprint density at radius 3 is 2.88 bits per heavy atom. The van der Waals surface area contributed by atoms with E-state index >= 15 is 0 Å². The molecule has 0 atom stereocenters. The highest BCUT2D eigenvalue weighted by Crippen LogP contribution is 2.22. The summed E-state index contributed by atoms with van der Waals surface area (Å²) in [6.07, 6.45) is 1.84.